The van der Waals surface area contributed by atoms with Gasteiger partial charge in [-0.2, -0.15) is 5.10 Å². The normalized spacial score (nSPS) is 15.6. The van der Waals surface area contributed by atoms with E-state index in [9.17, 15) is 0 Å². The van der Waals surface area contributed by atoms with E-state index >= 15 is 0 Å². The molecule has 1 aromatic heterocycles. The molecule has 0 unspecified atom stereocenters. The molecule has 0 atom stereocenters. The fourth-order valence-corrected chi connectivity index (χ4v) is 1.50. The number of aromatic nitrogens is 3. The van der Waals surface area contributed by atoms with E-state index in [4.69, 9.17) is 0 Å². The Balaban J connectivity index is 1.72. The van der Waals surface area contributed by atoms with Gasteiger partial charge in [0.2, 0.25) is 0 Å². The largest absolute Gasteiger partial charge is 0.373 e. The molecule has 0 bridgehead atoms. The maximum absolute atomic E-state index is 4.33. The number of hydrogen-bond acceptors (Lipinski definition) is 4. The summed E-state index contributed by atoms with van der Waals surface area (Å²) < 4.78 is 1.72. The summed E-state index contributed by atoms with van der Waals surface area (Å²) in [6.45, 7) is 1.85. The van der Waals surface area contributed by atoms with Crippen LogP contribution in [0.15, 0.2) is 11.3 Å². The van der Waals surface area contributed by atoms with Crippen LogP contribution < -0.4 is 5.32 Å². The van der Waals surface area contributed by atoms with Gasteiger partial charge >= 0.3 is 0 Å². The van der Waals surface area contributed by atoms with Crippen molar-refractivity contribution < 1.29 is 0 Å². The topological polar surface area (TPSA) is 55.1 Å². The van der Waals surface area contributed by atoms with Crippen molar-refractivity contribution in [1.29, 1.82) is 0 Å². The molecular weight excluding hydrogens is 178 g/mol. The summed E-state index contributed by atoms with van der Waals surface area (Å²) in [7, 11) is 1.88. The highest BCUT2D eigenvalue weighted by Crippen LogP contribution is 2.00. The first-order valence-corrected chi connectivity index (χ1v) is 4.96. The first-order chi connectivity index (χ1) is 6.84. The number of nitrogens with one attached hydrogen (secondary N) is 1. The monoisotopic (exact) mass is 193 g/mol. The van der Waals surface area contributed by atoms with Gasteiger partial charge in [0.25, 0.3) is 0 Å². The Morgan fingerprint density at radius 2 is 2.50 bits per heavy atom. The van der Waals surface area contributed by atoms with Gasteiger partial charge in [-0.05, 0) is 6.42 Å². The third kappa shape index (κ3) is 2.31. The molecule has 0 saturated heterocycles. The highest BCUT2D eigenvalue weighted by Gasteiger charge is 2.05. The molecule has 0 aromatic carbocycles. The van der Waals surface area contributed by atoms with Crippen molar-refractivity contribution in [1.82, 2.24) is 20.1 Å². The van der Waals surface area contributed by atoms with Gasteiger partial charge in [0.05, 0.1) is 5.84 Å². The van der Waals surface area contributed by atoms with Crippen molar-refractivity contribution in [2.75, 3.05) is 13.1 Å². The van der Waals surface area contributed by atoms with Crippen molar-refractivity contribution in [3.05, 3.63) is 12.2 Å². The average Bonchev–Trinajstić information content (AvgIpc) is 2.77. The molecule has 14 heavy (non-hydrogen) atoms. The summed E-state index contributed by atoms with van der Waals surface area (Å²) in [5, 5.41) is 7.50. The summed E-state index contributed by atoms with van der Waals surface area (Å²) >= 11 is 0. The standard InChI is InChI=1S/C9H15N5/c1-14-7-12-9(13-14)4-6-11-8-3-2-5-10-8/h7H,2-6H2,1H3,(H,10,11). The Morgan fingerprint density at radius 1 is 1.57 bits per heavy atom. The molecule has 76 valence electrons. The van der Waals surface area contributed by atoms with Crippen molar-refractivity contribution in [2.24, 2.45) is 12.0 Å². The predicted molar refractivity (Wildman–Crippen MR) is 54.2 cm³/mol. The maximum atomic E-state index is 4.33. The van der Waals surface area contributed by atoms with Crippen LogP contribution in [0.3, 0.4) is 0 Å². The molecular formula is C9H15N5. The first-order valence-electron chi connectivity index (χ1n) is 4.96. The minimum atomic E-state index is 0.861. The van der Waals surface area contributed by atoms with Gasteiger partial charge in [0.15, 0.2) is 5.82 Å². The zero-order chi connectivity index (χ0) is 9.80. The lowest BCUT2D eigenvalue weighted by molar-refractivity contribution is 0.728. The molecule has 0 radical (unpaired) electrons. The Kier molecular flexibility index (Phi) is 2.76. The molecule has 0 spiro atoms. The Morgan fingerprint density at radius 3 is 3.14 bits per heavy atom. The van der Waals surface area contributed by atoms with Gasteiger partial charge in [-0.1, -0.05) is 0 Å². The van der Waals surface area contributed by atoms with Crippen molar-refractivity contribution >= 4 is 5.84 Å². The molecule has 5 heteroatoms. The predicted octanol–water partition coefficient (Wildman–Crippen LogP) is 0.139. The molecule has 2 rings (SSSR count). The highest BCUT2D eigenvalue weighted by atomic mass is 15.3. The van der Waals surface area contributed by atoms with E-state index in [0.29, 0.717) is 0 Å². The number of amidine groups is 1. The zero-order valence-corrected chi connectivity index (χ0v) is 8.40. The maximum Gasteiger partial charge on any atom is 0.152 e. The second-order valence-corrected chi connectivity index (χ2v) is 3.44. The van der Waals surface area contributed by atoms with Crippen LogP contribution in [0.5, 0.6) is 0 Å². The molecule has 0 amide bonds. The van der Waals surface area contributed by atoms with Crippen LogP contribution in [0.25, 0.3) is 0 Å². The first kappa shape index (κ1) is 9.18. The fourth-order valence-electron chi connectivity index (χ4n) is 1.50. The van der Waals surface area contributed by atoms with Crippen LogP contribution in [-0.2, 0) is 13.5 Å². The van der Waals surface area contributed by atoms with Crippen LogP contribution in [-0.4, -0.2) is 33.7 Å². The minimum Gasteiger partial charge on any atom is -0.373 e. The molecule has 0 aliphatic carbocycles. The van der Waals surface area contributed by atoms with E-state index in [-0.39, 0.29) is 0 Å². The molecule has 0 fully saturated rings. The third-order valence-corrected chi connectivity index (χ3v) is 2.20. The van der Waals surface area contributed by atoms with Crippen LogP contribution in [0.4, 0.5) is 0 Å². The van der Waals surface area contributed by atoms with Crippen LogP contribution in [0, 0.1) is 0 Å². The van der Waals surface area contributed by atoms with Crippen molar-refractivity contribution in [3.63, 3.8) is 0 Å². The molecule has 1 aliphatic heterocycles. The van der Waals surface area contributed by atoms with Gasteiger partial charge in [0.1, 0.15) is 6.33 Å². The lowest BCUT2D eigenvalue weighted by Gasteiger charge is -2.02. The van der Waals surface area contributed by atoms with Crippen LogP contribution in [0.2, 0.25) is 0 Å². The Labute approximate surface area is 83.3 Å². The molecule has 1 aromatic rings. The molecule has 1 N–H and O–H groups in total. The van der Waals surface area contributed by atoms with E-state index in [2.05, 4.69) is 20.4 Å². The Hall–Kier alpha value is -1.39. The summed E-state index contributed by atoms with van der Waals surface area (Å²) in [5.41, 5.74) is 0. The molecule has 1 aliphatic rings. The number of hydrogen-bond donors (Lipinski definition) is 1. The van der Waals surface area contributed by atoms with Crippen molar-refractivity contribution in [3.8, 4) is 0 Å². The smallest absolute Gasteiger partial charge is 0.152 e. The van der Waals surface area contributed by atoms with E-state index in [1.807, 2.05) is 7.05 Å². The number of rotatable bonds is 3. The molecule has 0 saturated carbocycles. The second kappa shape index (κ2) is 4.21. The van der Waals surface area contributed by atoms with E-state index < -0.39 is 0 Å². The fraction of sp³-hybridized carbons (Fsp3) is 0.667. The number of nitrogens with zero attached hydrogens (tertiary/aromatic N) is 4. The summed E-state index contributed by atoms with van der Waals surface area (Å²) in [5.74, 6) is 2.03. The van der Waals surface area contributed by atoms with E-state index in [0.717, 1.165) is 37.6 Å². The average molecular weight is 193 g/mol. The summed E-state index contributed by atoms with van der Waals surface area (Å²) in [6, 6.07) is 0. The highest BCUT2D eigenvalue weighted by molar-refractivity contribution is 5.83. The SMILES string of the molecule is Cn1cnc(CCNC2=NCCC2)n1. The van der Waals surface area contributed by atoms with E-state index in [1.165, 1.54) is 6.42 Å². The number of aryl methyl sites for hydroxylation is 1. The second-order valence-electron chi connectivity index (χ2n) is 3.44. The van der Waals surface area contributed by atoms with Gasteiger partial charge in [-0.25, -0.2) is 4.98 Å². The van der Waals surface area contributed by atoms with E-state index in [1.54, 1.807) is 11.0 Å². The Bertz CT molecular complexity index is 328. The molecule has 5 nitrogen and oxygen atoms in total. The minimum absolute atomic E-state index is 0.861. The van der Waals surface area contributed by atoms with Gasteiger partial charge in [-0.3, -0.25) is 9.67 Å². The summed E-state index contributed by atoms with van der Waals surface area (Å²) in [6.07, 6.45) is 4.86. The van der Waals surface area contributed by atoms with Gasteiger partial charge in [-0.15, -0.1) is 0 Å². The lowest BCUT2D eigenvalue weighted by atomic mass is 10.3. The lowest BCUT2D eigenvalue weighted by Crippen LogP contribution is -2.24. The number of aliphatic imine (C=N–C) groups is 1. The third-order valence-electron chi connectivity index (χ3n) is 2.20. The van der Waals surface area contributed by atoms with Gasteiger partial charge < -0.3 is 5.32 Å². The van der Waals surface area contributed by atoms with Crippen LogP contribution >= 0.6 is 0 Å². The zero-order valence-electron chi connectivity index (χ0n) is 8.40. The quantitative estimate of drug-likeness (QED) is 0.743. The van der Waals surface area contributed by atoms with Crippen molar-refractivity contribution in [2.45, 2.75) is 19.3 Å². The molecule has 2 heterocycles. The summed E-state index contributed by atoms with van der Waals surface area (Å²) in [4.78, 5) is 8.48. The van der Waals surface area contributed by atoms with Crippen LogP contribution in [0.1, 0.15) is 18.7 Å². The van der Waals surface area contributed by atoms with Gasteiger partial charge in [0, 0.05) is 33.0 Å².